The predicted octanol–water partition coefficient (Wildman–Crippen LogP) is 4.63. The second-order valence-electron chi connectivity index (χ2n) is 6.77. The Morgan fingerprint density at radius 2 is 1.50 bits per heavy atom. The van der Waals surface area contributed by atoms with E-state index < -0.39 is 0 Å². The lowest BCUT2D eigenvalue weighted by molar-refractivity contribution is 0.0565. The number of imide groups is 1. The Morgan fingerprint density at radius 1 is 0.923 bits per heavy atom. The number of fused-ring (bicyclic) bond motifs is 1. The third-order valence-corrected chi connectivity index (χ3v) is 5.65. The molecule has 1 aliphatic carbocycles. The zero-order valence-electron chi connectivity index (χ0n) is 14.3. The topological polar surface area (TPSA) is 49.7 Å². The van der Waals surface area contributed by atoms with Gasteiger partial charge in [-0.05, 0) is 55.5 Å². The molecule has 1 saturated carbocycles. The summed E-state index contributed by atoms with van der Waals surface area (Å²) in [7, 11) is 0. The van der Waals surface area contributed by atoms with Crippen molar-refractivity contribution >= 4 is 33.5 Å². The molecule has 2 amide bonds. The van der Waals surface area contributed by atoms with E-state index in [1.54, 1.807) is 24.3 Å². The predicted molar refractivity (Wildman–Crippen MR) is 104 cm³/mol. The highest BCUT2D eigenvalue weighted by Gasteiger charge is 2.40. The van der Waals surface area contributed by atoms with Gasteiger partial charge >= 0.3 is 0 Å². The molecule has 0 aromatic heterocycles. The Hall–Kier alpha value is -2.27. The summed E-state index contributed by atoms with van der Waals surface area (Å²) in [6.45, 7) is 0.681. The molecule has 2 aromatic carbocycles. The van der Waals surface area contributed by atoms with Crippen LogP contribution in [0.4, 0.5) is 0 Å². The highest BCUT2D eigenvalue weighted by Crippen LogP contribution is 2.30. The van der Waals surface area contributed by atoms with Crippen LogP contribution in [0.15, 0.2) is 58.0 Å². The number of aliphatic imine (C=N–C) groups is 1. The molecule has 5 heteroatoms. The molecule has 0 bridgehead atoms. The number of amides is 2. The quantitative estimate of drug-likeness (QED) is 0.692. The largest absolute Gasteiger partial charge is 0.289 e. The zero-order valence-corrected chi connectivity index (χ0v) is 15.9. The lowest BCUT2D eigenvalue weighted by Gasteiger charge is -2.30. The van der Waals surface area contributed by atoms with Crippen molar-refractivity contribution in [2.24, 2.45) is 4.99 Å². The van der Waals surface area contributed by atoms with Gasteiger partial charge in [0, 0.05) is 16.2 Å². The Balaban J connectivity index is 1.40. The zero-order chi connectivity index (χ0) is 18.1. The molecule has 2 aliphatic rings. The van der Waals surface area contributed by atoms with Crippen molar-refractivity contribution in [1.29, 1.82) is 0 Å². The molecule has 4 rings (SSSR count). The molecule has 0 N–H and O–H groups in total. The summed E-state index contributed by atoms with van der Waals surface area (Å²) in [5.74, 6) is -0.295. The van der Waals surface area contributed by atoms with E-state index in [2.05, 4.69) is 28.1 Å². The summed E-state index contributed by atoms with van der Waals surface area (Å²) in [6, 6.07) is 15.3. The van der Waals surface area contributed by atoms with Crippen molar-refractivity contribution in [3.8, 4) is 0 Å². The summed E-state index contributed by atoms with van der Waals surface area (Å²) >= 11 is 3.44. The van der Waals surface area contributed by atoms with E-state index in [1.807, 2.05) is 12.1 Å². The molecule has 1 fully saturated rings. The van der Waals surface area contributed by atoms with Gasteiger partial charge in [-0.2, -0.15) is 0 Å². The van der Waals surface area contributed by atoms with E-state index in [-0.39, 0.29) is 17.9 Å². The fourth-order valence-corrected chi connectivity index (χ4v) is 3.95. The first-order valence-corrected chi connectivity index (χ1v) is 9.66. The highest BCUT2D eigenvalue weighted by atomic mass is 79.9. The van der Waals surface area contributed by atoms with Gasteiger partial charge in [-0.3, -0.25) is 19.5 Å². The minimum Gasteiger partial charge on any atom is -0.289 e. The first kappa shape index (κ1) is 17.2. The number of nitrogens with zero attached hydrogens (tertiary/aromatic N) is 2. The lowest BCUT2D eigenvalue weighted by atomic mass is 9.92. The number of carbonyl (C=O) groups is 2. The number of hydrogen-bond acceptors (Lipinski definition) is 3. The molecule has 1 aliphatic heterocycles. The first-order chi connectivity index (χ1) is 12.6. The van der Waals surface area contributed by atoms with E-state index in [9.17, 15) is 9.59 Å². The van der Waals surface area contributed by atoms with E-state index in [4.69, 9.17) is 4.99 Å². The van der Waals surface area contributed by atoms with Gasteiger partial charge in [0.1, 0.15) is 0 Å². The van der Waals surface area contributed by atoms with Crippen molar-refractivity contribution in [3.63, 3.8) is 0 Å². The second kappa shape index (κ2) is 7.16. The van der Waals surface area contributed by atoms with Crippen LogP contribution < -0.4 is 0 Å². The molecule has 2 aromatic rings. The standard InChI is InChI=1S/C21H19BrN2O2/c22-15-7-5-14(6-8-15)13-23-16-9-11-17(12-10-16)24-20(25)18-3-1-2-4-19(18)21(24)26/h1-8,17H,9-13H2. The van der Waals surface area contributed by atoms with Crippen molar-refractivity contribution in [2.45, 2.75) is 38.3 Å². The van der Waals surface area contributed by atoms with Crippen LogP contribution in [0, 0.1) is 0 Å². The van der Waals surface area contributed by atoms with Gasteiger partial charge < -0.3 is 0 Å². The van der Waals surface area contributed by atoms with Crippen molar-refractivity contribution in [3.05, 3.63) is 69.7 Å². The minimum absolute atomic E-state index is 0.0194. The molecule has 0 spiro atoms. The van der Waals surface area contributed by atoms with Crippen LogP contribution >= 0.6 is 15.9 Å². The molecular formula is C21H19BrN2O2. The van der Waals surface area contributed by atoms with E-state index in [0.29, 0.717) is 17.7 Å². The maximum atomic E-state index is 12.6. The second-order valence-corrected chi connectivity index (χ2v) is 7.68. The van der Waals surface area contributed by atoms with Gasteiger partial charge in [0.15, 0.2) is 0 Å². The van der Waals surface area contributed by atoms with Crippen LogP contribution in [-0.2, 0) is 6.54 Å². The molecule has 0 radical (unpaired) electrons. The summed E-state index contributed by atoms with van der Waals surface area (Å²) in [5.41, 5.74) is 3.43. The molecule has 26 heavy (non-hydrogen) atoms. The molecule has 0 atom stereocenters. The van der Waals surface area contributed by atoms with Crippen LogP contribution in [0.1, 0.15) is 52.0 Å². The van der Waals surface area contributed by atoms with Gasteiger partial charge in [-0.25, -0.2) is 0 Å². The first-order valence-electron chi connectivity index (χ1n) is 8.87. The lowest BCUT2D eigenvalue weighted by Crippen LogP contribution is -2.42. The van der Waals surface area contributed by atoms with Gasteiger partial charge in [0.25, 0.3) is 11.8 Å². The normalized spacial score (nSPS) is 19.7. The maximum Gasteiger partial charge on any atom is 0.261 e. The van der Waals surface area contributed by atoms with Crippen molar-refractivity contribution in [1.82, 2.24) is 4.90 Å². The summed E-state index contributed by atoms with van der Waals surface area (Å²) in [5, 5.41) is 0. The van der Waals surface area contributed by atoms with Gasteiger partial charge in [0.05, 0.1) is 17.7 Å². The van der Waals surface area contributed by atoms with E-state index in [0.717, 1.165) is 30.2 Å². The van der Waals surface area contributed by atoms with Gasteiger partial charge in [-0.15, -0.1) is 0 Å². The average Bonchev–Trinajstić information content (AvgIpc) is 2.93. The summed E-state index contributed by atoms with van der Waals surface area (Å²) in [4.78, 5) is 31.4. The Morgan fingerprint density at radius 3 is 2.08 bits per heavy atom. The van der Waals surface area contributed by atoms with Crippen LogP contribution in [0.3, 0.4) is 0 Å². The molecule has 0 unspecified atom stereocenters. The van der Waals surface area contributed by atoms with Crippen molar-refractivity contribution in [2.75, 3.05) is 0 Å². The van der Waals surface area contributed by atoms with Gasteiger partial charge in [0.2, 0.25) is 0 Å². The highest BCUT2D eigenvalue weighted by molar-refractivity contribution is 9.10. The number of carbonyl (C=O) groups excluding carboxylic acids is 2. The Kier molecular flexibility index (Phi) is 4.72. The number of benzene rings is 2. The molecular weight excluding hydrogens is 392 g/mol. The molecule has 0 saturated heterocycles. The van der Waals surface area contributed by atoms with Crippen LogP contribution in [0.2, 0.25) is 0 Å². The van der Waals surface area contributed by atoms with E-state index in [1.165, 1.54) is 16.2 Å². The fraction of sp³-hybridized carbons (Fsp3) is 0.286. The summed E-state index contributed by atoms with van der Waals surface area (Å²) < 4.78 is 1.07. The number of halogens is 1. The summed E-state index contributed by atoms with van der Waals surface area (Å²) in [6.07, 6.45) is 3.28. The smallest absolute Gasteiger partial charge is 0.261 e. The van der Waals surface area contributed by atoms with Gasteiger partial charge in [-0.1, -0.05) is 40.2 Å². The minimum atomic E-state index is -0.147. The maximum absolute atomic E-state index is 12.6. The van der Waals surface area contributed by atoms with E-state index >= 15 is 0 Å². The SMILES string of the molecule is O=C1c2ccccc2C(=O)N1C1CCC(=NCc2ccc(Br)cc2)CC1. The number of rotatable bonds is 3. The monoisotopic (exact) mass is 410 g/mol. The van der Waals surface area contributed by atoms with Crippen LogP contribution in [0.5, 0.6) is 0 Å². The fourth-order valence-electron chi connectivity index (χ4n) is 3.68. The third-order valence-electron chi connectivity index (χ3n) is 5.12. The Bertz CT molecular complexity index is 844. The van der Waals surface area contributed by atoms with Crippen molar-refractivity contribution < 1.29 is 9.59 Å². The third kappa shape index (κ3) is 3.23. The molecule has 1 heterocycles. The Labute approximate surface area is 161 Å². The molecule has 4 nitrogen and oxygen atoms in total. The van der Waals surface area contributed by atoms with Crippen LogP contribution in [-0.4, -0.2) is 28.5 Å². The number of hydrogen-bond donors (Lipinski definition) is 0. The average molecular weight is 411 g/mol. The molecule has 132 valence electrons. The van der Waals surface area contributed by atoms with Crippen LogP contribution in [0.25, 0.3) is 0 Å².